The fraction of sp³-hybridized carbons (Fsp3) is 0.167. The van der Waals surface area contributed by atoms with Gasteiger partial charge in [0.15, 0.2) is 0 Å². The highest BCUT2D eigenvalue weighted by atomic mass is 19.1. The van der Waals surface area contributed by atoms with E-state index in [1.54, 1.807) is 19.4 Å². The van der Waals surface area contributed by atoms with Crippen LogP contribution in [-0.2, 0) is 6.54 Å². The van der Waals surface area contributed by atoms with Gasteiger partial charge in [0.05, 0.1) is 18.6 Å². The second-order valence-electron chi connectivity index (χ2n) is 3.93. The van der Waals surface area contributed by atoms with E-state index in [0.717, 1.165) is 11.8 Å². The lowest BCUT2D eigenvalue weighted by Gasteiger charge is -2.10. The smallest absolute Gasteiger partial charge is 0.248 e. The van der Waals surface area contributed by atoms with Crippen LogP contribution in [0.3, 0.4) is 0 Å². The summed E-state index contributed by atoms with van der Waals surface area (Å²) in [4.78, 5) is 17.9. The fourth-order valence-electron chi connectivity index (χ4n) is 1.58. The van der Waals surface area contributed by atoms with Crippen LogP contribution < -0.4 is 11.1 Å². The molecule has 94 valence electrons. The van der Waals surface area contributed by atoms with E-state index in [2.05, 4.69) is 15.3 Å². The number of halogens is 1. The molecule has 18 heavy (non-hydrogen) atoms. The number of rotatable bonds is 4. The van der Waals surface area contributed by atoms with Crippen molar-refractivity contribution in [3.63, 3.8) is 0 Å². The number of carbonyl (C=O) groups excluding carboxylic acids is 1. The molecule has 2 aromatic rings. The first kappa shape index (κ1) is 12.1. The third kappa shape index (κ3) is 2.48. The normalized spacial score (nSPS) is 10.3. The van der Waals surface area contributed by atoms with Crippen molar-refractivity contribution >= 4 is 11.6 Å². The monoisotopic (exact) mass is 248 g/mol. The molecule has 0 spiro atoms. The van der Waals surface area contributed by atoms with E-state index in [0.29, 0.717) is 17.8 Å². The molecule has 0 unspecified atom stereocenters. The van der Waals surface area contributed by atoms with Crippen LogP contribution in [0, 0.1) is 12.7 Å². The van der Waals surface area contributed by atoms with Gasteiger partial charge in [-0.1, -0.05) is 0 Å². The summed E-state index contributed by atoms with van der Waals surface area (Å²) in [6, 6.07) is 2.68. The van der Waals surface area contributed by atoms with E-state index in [1.165, 1.54) is 6.07 Å². The molecule has 0 saturated heterocycles. The van der Waals surface area contributed by atoms with Crippen LogP contribution in [0.25, 0.3) is 0 Å². The summed E-state index contributed by atoms with van der Waals surface area (Å²) < 4.78 is 13.6. The molecule has 0 aliphatic rings. The van der Waals surface area contributed by atoms with Crippen LogP contribution in [0.2, 0.25) is 0 Å². The lowest BCUT2D eigenvalue weighted by atomic mass is 10.1. The predicted octanol–water partition coefficient (Wildman–Crippen LogP) is 1.57. The third-order valence-corrected chi connectivity index (χ3v) is 2.65. The van der Waals surface area contributed by atoms with Crippen molar-refractivity contribution in [3.05, 3.63) is 47.3 Å². The lowest BCUT2D eigenvalue weighted by Crippen LogP contribution is -2.13. The zero-order valence-electron chi connectivity index (χ0n) is 9.83. The summed E-state index contributed by atoms with van der Waals surface area (Å²) in [7, 11) is 0. The van der Waals surface area contributed by atoms with Gasteiger partial charge in [0.2, 0.25) is 5.91 Å². The largest absolute Gasteiger partial charge is 0.379 e. The maximum atomic E-state index is 13.6. The summed E-state index contributed by atoms with van der Waals surface area (Å²) in [5, 5.41) is 3.03. The molecular weight excluding hydrogens is 235 g/mol. The Kier molecular flexibility index (Phi) is 3.27. The zero-order chi connectivity index (χ0) is 13.1. The number of carbonyl (C=O) groups is 1. The molecule has 0 saturated carbocycles. The minimum Gasteiger partial charge on any atom is -0.379 e. The van der Waals surface area contributed by atoms with Gasteiger partial charge in [-0.25, -0.2) is 9.37 Å². The van der Waals surface area contributed by atoms with E-state index in [-0.39, 0.29) is 5.56 Å². The van der Waals surface area contributed by atoms with E-state index in [4.69, 9.17) is 5.73 Å². The fourth-order valence-corrected chi connectivity index (χ4v) is 1.58. The average Bonchev–Trinajstić information content (AvgIpc) is 2.83. The summed E-state index contributed by atoms with van der Waals surface area (Å²) in [6.07, 6.45) is 3.22. The summed E-state index contributed by atoms with van der Waals surface area (Å²) in [5.41, 5.74) is 7.13. The lowest BCUT2D eigenvalue weighted by molar-refractivity contribution is 0.1000. The Morgan fingerprint density at radius 2 is 2.33 bits per heavy atom. The Labute approximate surface area is 103 Å². The molecular formula is C12H13FN4O. The first-order valence-electron chi connectivity index (χ1n) is 5.39. The number of nitrogens with zero attached hydrogens (tertiary/aromatic N) is 1. The van der Waals surface area contributed by atoms with E-state index < -0.39 is 11.7 Å². The Hall–Kier alpha value is -2.37. The number of primary amides is 1. The number of aromatic amines is 1. The third-order valence-electron chi connectivity index (χ3n) is 2.65. The average molecular weight is 248 g/mol. The first-order chi connectivity index (χ1) is 8.58. The van der Waals surface area contributed by atoms with Crippen LogP contribution in [0.5, 0.6) is 0 Å². The van der Waals surface area contributed by atoms with Gasteiger partial charge in [0.1, 0.15) is 5.82 Å². The molecule has 1 amide bonds. The van der Waals surface area contributed by atoms with Crippen molar-refractivity contribution in [2.75, 3.05) is 5.32 Å². The van der Waals surface area contributed by atoms with Crippen molar-refractivity contribution in [3.8, 4) is 0 Å². The highest BCUT2D eigenvalue weighted by Gasteiger charge is 2.10. The van der Waals surface area contributed by atoms with Crippen molar-refractivity contribution < 1.29 is 9.18 Å². The summed E-state index contributed by atoms with van der Waals surface area (Å²) >= 11 is 0. The highest BCUT2D eigenvalue weighted by Crippen LogP contribution is 2.21. The van der Waals surface area contributed by atoms with Crippen LogP contribution in [-0.4, -0.2) is 15.9 Å². The van der Waals surface area contributed by atoms with Crippen LogP contribution in [0.15, 0.2) is 24.7 Å². The number of anilines is 1. The van der Waals surface area contributed by atoms with Crippen LogP contribution in [0.1, 0.15) is 21.6 Å². The van der Waals surface area contributed by atoms with Gasteiger partial charge in [0.25, 0.3) is 0 Å². The Bertz CT molecular complexity index is 566. The van der Waals surface area contributed by atoms with Crippen LogP contribution in [0.4, 0.5) is 10.1 Å². The van der Waals surface area contributed by atoms with E-state index in [1.807, 2.05) is 0 Å². The number of benzene rings is 1. The predicted molar refractivity (Wildman–Crippen MR) is 65.6 cm³/mol. The molecule has 0 aliphatic carbocycles. The van der Waals surface area contributed by atoms with Crippen molar-refractivity contribution in [1.82, 2.24) is 9.97 Å². The molecule has 2 rings (SSSR count). The molecule has 0 radical (unpaired) electrons. The van der Waals surface area contributed by atoms with Crippen molar-refractivity contribution in [2.45, 2.75) is 13.5 Å². The van der Waals surface area contributed by atoms with Gasteiger partial charge in [-0.2, -0.15) is 0 Å². The standard InChI is InChI=1S/C12H13FN4O/c1-7-10(13)2-8(12(14)18)3-11(7)16-5-9-4-15-6-17-9/h2-4,6,16H,5H2,1H3,(H2,14,18)(H,15,17). The minimum absolute atomic E-state index is 0.144. The number of H-pyrrole nitrogens is 1. The van der Waals surface area contributed by atoms with E-state index >= 15 is 0 Å². The quantitative estimate of drug-likeness (QED) is 0.767. The maximum Gasteiger partial charge on any atom is 0.248 e. The molecule has 0 bridgehead atoms. The number of nitrogens with one attached hydrogen (secondary N) is 2. The van der Waals surface area contributed by atoms with E-state index in [9.17, 15) is 9.18 Å². The van der Waals surface area contributed by atoms with Gasteiger partial charge >= 0.3 is 0 Å². The van der Waals surface area contributed by atoms with Gasteiger partial charge < -0.3 is 16.0 Å². The molecule has 5 nitrogen and oxygen atoms in total. The van der Waals surface area contributed by atoms with Crippen LogP contribution >= 0.6 is 0 Å². The Morgan fingerprint density at radius 1 is 1.56 bits per heavy atom. The first-order valence-corrected chi connectivity index (χ1v) is 5.39. The van der Waals surface area contributed by atoms with Gasteiger partial charge in [0, 0.05) is 23.0 Å². The molecule has 6 heteroatoms. The number of amides is 1. The van der Waals surface area contributed by atoms with Gasteiger partial charge in [-0.15, -0.1) is 0 Å². The Morgan fingerprint density at radius 3 is 2.94 bits per heavy atom. The molecule has 1 aromatic heterocycles. The number of aromatic nitrogens is 2. The molecule has 0 fully saturated rings. The molecule has 0 atom stereocenters. The zero-order valence-corrected chi connectivity index (χ0v) is 9.83. The molecule has 4 N–H and O–H groups in total. The number of imidazole rings is 1. The number of hydrogen-bond acceptors (Lipinski definition) is 3. The summed E-state index contributed by atoms with van der Waals surface area (Å²) in [6.45, 7) is 2.10. The molecule has 0 aliphatic heterocycles. The minimum atomic E-state index is -0.654. The number of hydrogen-bond donors (Lipinski definition) is 3. The SMILES string of the molecule is Cc1c(F)cc(C(N)=O)cc1NCc1cnc[nH]1. The number of nitrogens with two attached hydrogens (primary N) is 1. The second kappa shape index (κ2) is 4.87. The van der Waals surface area contributed by atoms with Crippen molar-refractivity contribution in [1.29, 1.82) is 0 Å². The summed E-state index contributed by atoms with van der Waals surface area (Å²) in [5.74, 6) is -1.11. The topological polar surface area (TPSA) is 83.8 Å². The highest BCUT2D eigenvalue weighted by molar-refractivity contribution is 5.94. The van der Waals surface area contributed by atoms with Gasteiger partial charge in [-0.05, 0) is 19.1 Å². The second-order valence-corrected chi connectivity index (χ2v) is 3.93. The molecule has 1 aromatic carbocycles. The van der Waals surface area contributed by atoms with Crippen molar-refractivity contribution in [2.24, 2.45) is 5.73 Å². The maximum absolute atomic E-state index is 13.6. The Balaban J connectivity index is 2.23. The molecule has 1 heterocycles. The van der Waals surface area contributed by atoms with Gasteiger partial charge in [-0.3, -0.25) is 4.79 Å².